The molecule has 3 fully saturated rings. The number of nitrogens with zero attached hydrogens (tertiary/aromatic N) is 2. The van der Waals surface area contributed by atoms with Crippen LogP contribution in [0.5, 0.6) is 0 Å². The molecule has 0 unspecified atom stereocenters. The molecule has 0 atom stereocenters. The van der Waals surface area contributed by atoms with Crippen LogP contribution in [0.1, 0.15) is 31.4 Å². The topological polar surface area (TPSA) is 29.9 Å². The predicted octanol–water partition coefficient (Wildman–Crippen LogP) is 2.48. The number of nitrogens with one attached hydrogen (secondary N) is 1. The molecule has 1 aromatic rings. The molecule has 0 aromatic carbocycles. The highest BCUT2D eigenvalue weighted by Crippen LogP contribution is 2.59. The van der Waals surface area contributed by atoms with Gasteiger partial charge in [-0.05, 0) is 37.0 Å². The van der Waals surface area contributed by atoms with E-state index >= 15 is 0 Å². The first kappa shape index (κ1) is 12.7. The molecule has 1 spiro atoms. The van der Waals surface area contributed by atoms with Crippen LogP contribution in [0.3, 0.4) is 0 Å². The SMILES string of the molecule is FC(F)(F)C1(c2cncn2CC2CC3(CNC3)C2)CC1. The molecule has 2 aliphatic carbocycles. The van der Waals surface area contributed by atoms with E-state index in [4.69, 9.17) is 0 Å². The zero-order chi connectivity index (χ0) is 14.0. The zero-order valence-electron chi connectivity index (χ0n) is 11.2. The molecule has 1 N–H and O–H groups in total. The molecule has 4 rings (SSSR count). The monoisotopic (exact) mass is 285 g/mol. The Morgan fingerprint density at radius 1 is 1.30 bits per heavy atom. The fraction of sp³-hybridized carbons (Fsp3) is 0.786. The Balaban J connectivity index is 1.49. The molecule has 3 nitrogen and oxygen atoms in total. The third kappa shape index (κ3) is 1.66. The molecule has 0 radical (unpaired) electrons. The molecule has 1 aliphatic heterocycles. The lowest BCUT2D eigenvalue weighted by molar-refractivity contribution is -0.162. The summed E-state index contributed by atoms with van der Waals surface area (Å²) < 4.78 is 41.4. The van der Waals surface area contributed by atoms with E-state index in [1.165, 1.54) is 6.20 Å². The van der Waals surface area contributed by atoms with Crippen molar-refractivity contribution in [2.24, 2.45) is 11.3 Å². The number of halogens is 3. The van der Waals surface area contributed by atoms with Gasteiger partial charge >= 0.3 is 6.18 Å². The lowest BCUT2D eigenvalue weighted by atomic mass is 9.58. The van der Waals surface area contributed by atoms with Crippen molar-refractivity contribution in [1.29, 1.82) is 0 Å². The van der Waals surface area contributed by atoms with Gasteiger partial charge in [-0.3, -0.25) is 0 Å². The highest BCUT2D eigenvalue weighted by molar-refractivity contribution is 5.27. The molecule has 0 bridgehead atoms. The van der Waals surface area contributed by atoms with E-state index in [-0.39, 0.29) is 12.8 Å². The number of alkyl halides is 3. The summed E-state index contributed by atoms with van der Waals surface area (Å²) in [6.07, 6.45) is 1.53. The Labute approximate surface area is 115 Å². The maximum atomic E-state index is 13.2. The van der Waals surface area contributed by atoms with Gasteiger partial charge in [0.25, 0.3) is 0 Å². The van der Waals surface area contributed by atoms with Crippen molar-refractivity contribution in [3.8, 4) is 0 Å². The van der Waals surface area contributed by atoms with Gasteiger partial charge in [-0.1, -0.05) is 0 Å². The largest absolute Gasteiger partial charge is 0.399 e. The minimum absolute atomic E-state index is 0.209. The first-order chi connectivity index (χ1) is 9.44. The van der Waals surface area contributed by atoms with Gasteiger partial charge in [0.05, 0.1) is 12.0 Å². The number of imidazole rings is 1. The second-order valence-corrected chi connectivity index (χ2v) is 6.89. The minimum atomic E-state index is -4.15. The summed E-state index contributed by atoms with van der Waals surface area (Å²) in [4.78, 5) is 3.97. The molecule has 2 heterocycles. The molecule has 1 aromatic heterocycles. The van der Waals surface area contributed by atoms with E-state index in [0.29, 0.717) is 23.6 Å². The average Bonchev–Trinajstić information content (AvgIpc) is 2.95. The van der Waals surface area contributed by atoms with E-state index in [1.54, 1.807) is 10.9 Å². The summed E-state index contributed by atoms with van der Waals surface area (Å²) in [5.74, 6) is 0.508. The summed E-state index contributed by atoms with van der Waals surface area (Å²) >= 11 is 0. The normalized spacial score (nSPS) is 27.1. The van der Waals surface area contributed by atoms with Gasteiger partial charge in [0.2, 0.25) is 0 Å². The quantitative estimate of drug-likeness (QED) is 0.924. The molecule has 110 valence electrons. The van der Waals surface area contributed by atoms with Crippen LogP contribution in [0.2, 0.25) is 0 Å². The molecule has 20 heavy (non-hydrogen) atoms. The summed E-state index contributed by atoms with van der Waals surface area (Å²) in [7, 11) is 0. The van der Waals surface area contributed by atoms with Crippen LogP contribution in [0.25, 0.3) is 0 Å². The smallest absolute Gasteiger partial charge is 0.333 e. The Morgan fingerprint density at radius 3 is 2.50 bits per heavy atom. The van der Waals surface area contributed by atoms with Gasteiger partial charge in [-0.2, -0.15) is 13.2 Å². The second kappa shape index (κ2) is 3.78. The Morgan fingerprint density at radius 2 is 2.00 bits per heavy atom. The maximum absolute atomic E-state index is 13.2. The summed E-state index contributed by atoms with van der Waals surface area (Å²) in [6.45, 7) is 2.84. The minimum Gasteiger partial charge on any atom is -0.333 e. The van der Waals surface area contributed by atoms with Crippen molar-refractivity contribution < 1.29 is 13.2 Å². The van der Waals surface area contributed by atoms with Gasteiger partial charge in [-0.25, -0.2) is 4.98 Å². The summed E-state index contributed by atoms with van der Waals surface area (Å²) in [6, 6.07) is 0. The van der Waals surface area contributed by atoms with E-state index in [9.17, 15) is 13.2 Å². The zero-order valence-corrected chi connectivity index (χ0v) is 11.2. The van der Waals surface area contributed by atoms with Gasteiger partial charge in [0.15, 0.2) is 0 Å². The van der Waals surface area contributed by atoms with Gasteiger partial charge in [0.1, 0.15) is 5.41 Å². The van der Waals surface area contributed by atoms with Crippen LogP contribution >= 0.6 is 0 Å². The molecular weight excluding hydrogens is 267 g/mol. The van der Waals surface area contributed by atoms with Crippen LogP contribution in [-0.4, -0.2) is 28.8 Å². The van der Waals surface area contributed by atoms with Crippen molar-refractivity contribution in [1.82, 2.24) is 14.9 Å². The van der Waals surface area contributed by atoms with Crippen LogP contribution in [0, 0.1) is 11.3 Å². The fourth-order valence-corrected chi connectivity index (χ4v) is 4.01. The number of hydrogen-bond donors (Lipinski definition) is 1. The lowest BCUT2D eigenvalue weighted by Gasteiger charge is -2.54. The molecule has 1 saturated heterocycles. The van der Waals surface area contributed by atoms with Crippen molar-refractivity contribution in [3.63, 3.8) is 0 Å². The molecular formula is C14H18F3N3. The molecule has 0 amide bonds. The van der Waals surface area contributed by atoms with Crippen LogP contribution in [0.4, 0.5) is 13.2 Å². The Hall–Kier alpha value is -1.04. The predicted molar refractivity (Wildman–Crippen MR) is 67.2 cm³/mol. The van der Waals surface area contributed by atoms with E-state index in [1.807, 2.05) is 0 Å². The first-order valence-corrected chi connectivity index (χ1v) is 7.22. The van der Waals surface area contributed by atoms with Crippen LogP contribution < -0.4 is 5.32 Å². The maximum Gasteiger partial charge on any atom is 0.399 e. The van der Waals surface area contributed by atoms with Crippen molar-refractivity contribution in [2.75, 3.05) is 13.1 Å². The number of rotatable bonds is 3. The molecule has 2 saturated carbocycles. The number of hydrogen-bond acceptors (Lipinski definition) is 2. The van der Waals surface area contributed by atoms with Crippen molar-refractivity contribution in [3.05, 3.63) is 18.2 Å². The Kier molecular flexibility index (Phi) is 2.40. The van der Waals surface area contributed by atoms with E-state index in [0.717, 1.165) is 25.9 Å². The Bertz CT molecular complexity index is 518. The van der Waals surface area contributed by atoms with Crippen molar-refractivity contribution >= 4 is 0 Å². The third-order valence-electron chi connectivity index (χ3n) is 5.39. The molecule has 3 aliphatic rings. The second-order valence-electron chi connectivity index (χ2n) is 6.89. The molecule has 6 heteroatoms. The highest BCUT2D eigenvalue weighted by atomic mass is 19.4. The van der Waals surface area contributed by atoms with Gasteiger partial charge < -0.3 is 9.88 Å². The summed E-state index contributed by atoms with van der Waals surface area (Å²) in [5.41, 5.74) is -0.770. The standard InChI is InChI=1S/C14H18F3N3/c15-14(16,17)13(1-2-13)11-5-18-9-20(11)6-10-3-12(4-10)7-19-8-12/h5,9-10,19H,1-4,6-8H2. The van der Waals surface area contributed by atoms with Gasteiger partial charge in [0, 0.05) is 25.8 Å². The van der Waals surface area contributed by atoms with E-state index < -0.39 is 11.6 Å². The van der Waals surface area contributed by atoms with Crippen LogP contribution in [-0.2, 0) is 12.0 Å². The third-order valence-corrected chi connectivity index (χ3v) is 5.39. The lowest BCUT2D eigenvalue weighted by Crippen LogP contribution is -2.60. The first-order valence-electron chi connectivity index (χ1n) is 7.22. The highest BCUT2D eigenvalue weighted by Gasteiger charge is 2.65. The van der Waals surface area contributed by atoms with Crippen molar-refractivity contribution in [2.45, 2.75) is 43.8 Å². The average molecular weight is 285 g/mol. The van der Waals surface area contributed by atoms with Crippen LogP contribution in [0.15, 0.2) is 12.5 Å². The van der Waals surface area contributed by atoms with E-state index in [2.05, 4.69) is 10.3 Å². The number of aromatic nitrogens is 2. The fourth-order valence-electron chi connectivity index (χ4n) is 4.01. The van der Waals surface area contributed by atoms with Gasteiger partial charge in [-0.15, -0.1) is 0 Å². The summed E-state index contributed by atoms with van der Waals surface area (Å²) in [5, 5.41) is 3.28.